The lowest BCUT2D eigenvalue weighted by molar-refractivity contribution is -0.132. The van der Waals surface area contributed by atoms with E-state index in [4.69, 9.17) is 0 Å². The van der Waals surface area contributed by atoms with Crippen LogP contribution in [-0.2, 0) is 9.59 Å². The molecule has 1 amide bonds. The van der Waals surface area contributed by atoms with Crippen molar-refractivity contribution in [2.75, 3.05) is 13.1 Å². The molecule has 0 radical (unpaired) electrons. The Morgan fingerprint density at radius 2 is 2.37 bits per heavy atom. The Kier molecular flexibility index (Phi) is 4.48. The van der Waals surface area contributed by atoms with Crippen molar-refractivity contribution in [1.82, 2.24) is 4.90 Å². The highest BCUT2D eigenvalue weighted by atomic mass is 16.2. The van der Waals surface area contributed by atoms with E-state index in [0.29, 0.717) is 18.0 Å². The Labute approximate surface area is 113 Å². The average molecular weight is 258 g/mol. The number of likely N-dealkylation sites (tertiary alicyclic amines) is 1. The normalized spacial score (nSPS) is 18.8. The fourth-order valence-electron chi connectivity index (χ4n) is 2.60. The van der Waals surface area contributed by atoms with E-state index in [9.17, 15) is 9.59 Å². The van der Waals surface area contributed by atoms with Crippen molar-refractivity contribution in [2.45, 2.75) is 32.1 Å². The number of rotatable bonds is 3. The molecular formula is C15H18N2O2. The zero-order valence-electron chi connectivity index (χ0n) is 11.1. The second-order valence-electron chi connectivity index (χ2n) is 4.83. The maximum absolute atomic E-state index is 11.8. The predicted molar refractivity (Wildman–Crippen MR) is 73.1 cm³/mol. The summed E-state index contributed by atoms with van der Waals surface area (Å²) in [5.41, 5.74) is 1.77. The number of carbonyl (C=O) groups excluding carboxylic acids is 2. The fraction of sp³-hybridized carbons (Fsp3) is 0.467. The molecule has 100 valence electrons. The number of benzene rings is 1. The van der Waals surface area contributed by atoms with Crippen molar-refractivity contribution in [3.8, 4) is 0 Å². The molecule has 1 aliphatic heterocycles. The van der Waals surface area contributed by atoms with Crippen LogP contribution in [0.2, 0.25) is 0 Å². The van der Waals surface area contributed by atoms with Gasteiger partial charge >= 0.3 is 0 Å². The van der Waals surface area contributed by atoms with Crippen molar-refractivity contribution in [1.29, 1.82) is 0 Å². The van der Waals surface area contributed by atoms with Gasteiger partial charge in [-0.3, -0.25) is 4.79 Å². The van der Waals surface area contributed by atoms with E-state index < -0.39 is 0 Å². The molecule has 0 spiro atoms. The van der Waals surface area contributed by atoms with Gasteiger partial charge < -0.3 is 4.90 Å². The molecule has 0 aliphatic carbocycles. The van der Waals surface area contributed by atoms with E-state index in [1.54, 1.807) is 12.1 Å². The Balaban J connectivity index is 2.14. The number of nitrogens with zero attached hydrogens (tertiary/aromatic N) is 2. The Hall–Kier alpha value is -1.93. The second-order valence-corrected chi connectivity index (χ2v) is 4.83. The summed E-state index contributed by atoms with van der Waals surface area (Å²) >= 11 is 0. The molecule has 1 saturated heterocycles. The van der Waals surface area contributed by atoms with Gasteiger partial charge in [-0.2, -0.15) is 4.99 Å². The quantitative estimate of drug-likeness (QED) is 0.618. The van der Waals surface area contributed by atoms with Gasteiger partial charge in [-0.05, 0) is 30.5 Å². The summed E-state index contributed by atoms with van der Waals surface area (Å²) in [5.74, 6) is 0.554. The van der Waals surface area contributed by atoms with Gasteiger partial charge in [-0.25, -0.2) is 4.79 Å². The van der Waals surface area contributed by atoms with E-state index in [2.05, 4.69) is 4.99 Å². The summed E-state index contributed by atoms with van der Waals surface area (Å²) in [6.07, 6.45) is 4.22. The first-order valence-electron chi connectivity index (χ1n) is 6.70. The molecule has 1 atom stereocenters. The summed E-state index contributed by atoms with van der Waals surface area (Å²) in [6, 6.07) is 7.63. The van der Waals surface area contributed by atoms with Crippen LogP contribution in [-0.4, -0.2) is 30.0 Å². The van der Waals surface area contributed by atoms with Gasteiger partial charge in [-0.15, -0.1) is 0 Å². The lowest BCUT2D eigenvalue weighted by atomic mass is 9.90. The SMILES string of the molecule is CCC(=O)N1CCC[C@@H](c2cccc(N=C=O)c2)C1. The van der Waals surface area contributed by atoms with Crippen molar-refractivity contribution in [3.63, 3.8) is 0 Å². The molecule has 4 heteroatoms. The molecule has 4 nitrogen and oxygen atoms in total. The molecule has 0 unspecified atom stereocenters. The van der Waals surface area contributed by atoms with Crippen LogP contribution in [0.25, 0.3) is 0 Å². The minimum atomic E-state index is 0.215. The third-order valence-electron chi connectivity index (χ3n) is 3.59. The number of amides is 1. The molecule has 1 aliphatic rings. The topological polar surface area (TPSA) is 49.7 Å². The van der Waals surface area contributed by atoms with Gasteiger partial charge in [0.05, 0.1) is 5.69 Å². The van der Waals surface area contributed by atoms with Crippen molar-refractivity contribution in [3.05, 3.63) is 29.8 Å². The van der Waals surface area contributed by atoms with Crippen LogP contribution in [0, 0.1) is 0 Å². The summed E-state index contributed by atoms with van der Waals surface area (Å²) < 4.78 is 0. The van der Waals surface area contributed by atoms with Gasteiger partial charge in [0.2, 0.25) is 12.0 Å². The zero-order valence-corrected chi connectivity index (χ0v) is 11.1. The van der Waals surface area contributed by atoms with Gasteiger partial charge in [0.1, 0.15) is 0 Å². The molecule has 19 heavy (non-hydrogen) atoms. The fourth-order valence-corrected chi connectivity index (χ4v) is 2.60. The van der Waals surface area contributed by atoms with Gasteiger partial charge in [-0.1, -0.05) is 19.1 Å². The minimum absolute atomic E-state index is 0.215. The third-order valence-corrected chi connectivity index (χ3v) is 3.59. The predicted octanol–water partition coefficient (Wildman–Crippen LogP) is 2.77. The van der Waals surface area contributed by atoms with Gasteiger partial charge in [0, 0.05) is 25.4 Å². The van der Waals surface area contributed by atoms with Crippen LogP contribution in [0.5, 0.6) is 0 Å². The number of carbonyl (C=O) groups is 1. The standard InChI is InChI=1S/C15H18N2O2/c1-2-15(19)17-8-4-6-13(10-17)12-5-3-7-14(9-12)16-11-18/h3,5,7,9,13H,2,4,6,8,10H2,1H3/t13-/m1/s1. The highest BCUT2D eigenvalue weighted by Crippen LogP contribution is 2.29. The number of isocyanates is 1. The summed E-state index contributed by atoms with van der Waals surface area (Å²) in [5, 5.41) is 0. The Morgan fingerprint density at radius 1 is 1.53 bits per heavy atom. The van der Waals surface area contributed by atoms with E-state index in [-0.39, 0.29) is 5.91 Å². The maximum atomic E-state index is 11.8. The molecule has 1 fully saturated rings. The smallest absolute Gasteiger partial charge is 0.240 e. The lowest BCUT2D eigenvalue weighted by Crippen LogP contribution is -2.38. The highest BCUT2D eigenvalue weighted by molar-refractivity contribution is 5.76. The van der Waals surface area contributed by atoms with Gasteiger partial charge in [0.15, 0.2) is 0 Å². The van der Waals surface area contributed by atoms with E-state index in [0.717, 1.165) is 31.5 Å². The summed E-state index contributed by atoms with van der Waals surface area (Å²) in [7, 11) is 0. The first-order valence-corrected chi connectivity index (χ1v) is 6.70. The first kappa shape index (κ1) is 13.5. The summed E-state index contributed by atoms with van der Waals surface area (Å²) in [4.78, 5) is 27.6. The van der Waals surface area contributed by atoms with Crippen LogP contribution < -0.4 is 0 Å². The van der Waals surface area contributed by atoms with Crippen molar-refractivity contribution in [2.24, 2.45) is 4.99 Å². The molecule has 0 N–H and O–H groups in total. The van der Waals surface area contributed by atoms with E-state index >= 15 is 0 Å². The lowest BCUT2D eigenvalue weighted by Gasteiger charge is -2.33. The van der Waals surface area contributed by atoms with Crippen LogP contribution in [0.3, 0.4) is 0 Å². The third kappa shape index (κ3) is 3.30. The van der Waals surface area contributed by atoms with E-state index in [1.807, 2.05) is 30.0 Å². The molecule has 2 rings (SSSR count). The molecule has 1 aromatic rings. The monoisotopic (exact) mass is 258 g/mol. The zero-order chi connectivity index (χ0) is 13.7. The molecule has 1 heterocycles. The van der Waals surface area contributed by atoms with Crippen molar-refractivity contribution >= 4 is 17.7 Å². The highest BCUT2D eigenvalue weighted by Gasteiger charge is 2.23. The van der Waals surface area contributed by atoms with Gasteiger partial charge in [0.25, 0.3) is 0 Å². The Bertz CT molecular complexity index is 507. The average Bonchev–Trinajstić information content (AvgIpc) is 2.47. The maximum Gasteiger partial charge on any atom is 0.240 e. The first-order chi connectivity index (χ1) is 9.24. The largest absolute Gasteiger partial charge is 0.342 e. The molecule has 0 aromatic heterocycles. The summed E-state index contributed by atoms with van der Waals surface area (Å²) in [6.45, 7) is 3.52. The van der Waals surface area contributed by atoms with Crippen LogP contribution >= 0.6 is 0 Å². The molecular weight excluding hydrogens is 240 g/mol. The molecule has 0 bridgehead atoms. The van der Waals surface area contributed by atoms with Crippen LogP contribution in [0.1, 0.15) is 37.7 Å². The number of hydrogen-bond acceptors (Lipinski definition) is 3. The number of hydrogen-bond donors (Lipinski definition) is 0. The van der Waals surface area contributed by atoms with Crippen LogP contribution in [0.15, 0.2) is 29.3 Å². The molecule has 1 aromatic carbocycles. The molecule has 0 saturated carbocycles. The Morgan fingerprint density at radius 3 is 3.11 bits per heavy atom. The number of piperidine rings is 1. The van der Waals surface area contributed by atoms with Crippen LogP contribution in [0.4, 0.5) is 5.69 Å². The number of aliphatic imine (C=N–C) groups is 1. The van der Waals surface area contributed by atoms with E-state index in [1.165, 1.54) is 0 Å². The minimum Gasteiger partial charge on any atom is -0.342 e. The second kappa shape index (κ2) is 6.30. The van der Waals surface area contributed by atoms with Crippen molar-refractivity contribution < 1.29 is 9.59 Å².